The maximum atomic E-state index is 5.82. The topological polar surface area (TPSA) is 21.6 Å². The van der Waals surface area contributed by atoms with Gasteiger partial charge in [-0.15, -0.1) is 0 Å². The second-order valence-electron chi connectivity index (χ2n) is 3.96. The van der Waals surface area contributed by atoms with E-state index in [-0.39, 0.29) is 0 Å². The van der Waals surface area contributed by atoms with Crippen LogP contribution >= 0.6 is 11.6 Å². The lowest BCUT2D eigenvalue weighted by Crippen LogP contribution is -1.89. The van der Waals surface area contributed by atoms with Crippen LogP contribution in [0.2, 0.25) is 5.02 Å². The molecule has 2 aromatic rings. The first kappa shape index (κ1) is 12.7. The van der Waals surface area contributed by atoms with E-state index in [1.165, 1.54) is 0 Å². The summed E-state index contributed by atoms with van der Waals surface area (Å²) in [5.41, 5.74) is 3.09. The molecule has 0 aliphatic rings. The third-order valence-electron chi connectivity index (χ3n) is 2.66. The fourth-order valence-electron chi connectivity index (χ4n) is 1.59. The quantitative estimate of drug-likeness (QED) is 0.749. The van der Waals surface area contributed by atoms with E-state index in [4.69, 9.17) is 16.3 Å². The highest BCUT2D eigenvalue weighted by Gasteiger charge is 1.97. The molecule has 0 heterocycles. The van der Waals surface area contributed by atoms with Crippen molar-refractivity contribution in [3.63, 3.8) is 0 Å². The highest BCUT2D eigenvalue weighted by atomic mass is 35.5. The van der Waals surface area contributed by atoms with Gasteiger partial charge in [0.1, 0.15) is 5.75 Å². The normalized spacial score (nSPS) is 10.8. The van der Waals surface area contributed by atoms with Crippen molar-refractivity contribution in [1.29, 1.82) is 0 Å². The van der Waals surface area contributed by atoms with Gasteiger partial charge in [0.05, 0.1) is 12.8 Å². The summed E-state index contributed by atoms with van der Waals surface area (Å²) in [7, 11) is 1.66. The highest BCUT2D eigenvalue weighted by molar-refractivity contribution is 6.30. The number of hydrogen-bond donors (Lipinski definition) is 0. The van der Waals surface area contributed by atoms with Gasteiger partial charge in [0.25, 0.3) is 0 Å². The lowest BCUT2D eigenvalue weighted by atomic mass is 10.1. The van der Waals surface area contributed by atoms with Crippen molar-refractivity contribution in [2.24, 2.45) is 4.99 Å². The standard InChI is InChI=1S/C15H14ClNO/c1-11-9-15(18-2)8-3-12(11)10-17-14-6-4-13(16)5-7-14/h3-10H,1-2H3. The molecule has 0 aromatic heterocycles. The van der Waals surface area contributed by atoms with E-state index in [1.54, 1.807) is 7.11 Å². The molecule has 2 nitrogen and oxygen atoms in total. The predicted molar refractivity (Wildman–Crippen MR) is 76.4 cm³/mol. The zero-order valence-corrected chi connectivity index (χ0v) is 11.1. The number of methoxy groups -OCH3 is 1. The zero-order valence-electron chi connectivity index (χ0n) is 10.4. The van der Waals surface area contributed by atoms with Crippen LogP contribution in [0.25, 0.3) is 0 Å². The van der Waals surface area contributed by atoms with Gasteiger partial charge < -0.3 is 4.74 Å². The molecule has 0 radical (unpaired) electrons. The molecule has 0 unspecified atom stereocenters. The Hall–Kier alpha value is -1.80. The Balaban J connectivity index is 2.20. The number of rotatable bonds is 3. The first-order valence-corrected chi connectivity index (χ1v) is 6.01. The number of aliphatic imine (C=N–C) groups is 1. The number of hydrogen-bond acceptors (Lipinski definition) is 2. The first-order chi connectivity index (χ1) is 8.69. The lowest BCUT2D eigenvalue weighted by Gasteiger charge is -2.03. The van der Waals surface area contributed by atoms with Gasteiger partial charge in [0, 0.05) is 11.2 Å². The van der Waals surface area contributed by atoms with Crippen molar-refractivity contribution in [3.8, 4) is 5.75 Å². The summed E-state index contributed by atoms with van der Waals surface area (Å²) in [4.78, 5) is 4.41. The molecule has 92 valence electrons. The summed E-state index contributed by atoms with van der Waals surface area (Å²) >= 11 is 5.82. The molecule has 0 amide bonds. The molecule has 0 N–H and O–H groups in total. The predicted octanol–water partition coefficient (Wildman–Crippen LogP) is 4.41. The highest BCUT2D eigenvalue weighted by Crippen LogP contribution is 2.18. The first-order valence-electron chi connectivity index (χ1n) is 5.63. The molecule has 18 heavy (non-hydrogen) atoms. The second kappa shape index (κ2) is 5.69. The fourth-order valence-corrected chi connectivity index (χ4v) is 1.72. The summed E-state index contributed by atoms with van der Waals surface area (Å²) in [5, 5.41) is 0.717. The van der Waals surface area contributed by atoms with Gasteiger partial charge in [-0.3, -0.25) is 4.99 Å². The second-order valence-corrected chi connectivity index (χ2v) is 4.39. The van der Waals surface area contributed by atoms with E-state index < -0.39 is 0 Å². The third-order valence-corrected chi connectivity index (χ3v) is 2.91. The van der Waals surface area contributed by atoms with Crippen LogP contribution in [0.1, 0.15) is 11.1 Å². The van der Waals surface area contributed by atoms with Crippen molar-refractivity contribution in [2.45, 2.75) is 6.92 Å². The van der Waals surface area contributed by atoms with Gasteiger partial charge in [-0.1, -0.05) is 11.6 Å². The Labute approximate surface area is 112 Å². The van der Waals surface area contributed by atoms with Crippen LogP contribution in [0, 0.1) is 6.92 Å². The van der Waals surface area contributed by atoms with Crippen molar-refractivity contribution >= 4 is 23.5 Å². The van der Waals surface area contributed by atoms with Gasteiger partial charge in [0.2, 0.25) is 0 Å². The van der Waals surface area contributed by atoms with Crippen molar-refractivity contribution in [1.82, 2.24) is 0 Å². The summed E-state index contributed by atoms with van der Waals surface area (Å²) in [5.74, 6) is 0.858. The van der Waals surface area contributed by atoms with Crippen molar-refractivity contribution in [3.05, 3.63) is 58.6 Å². The van der Waals surface area contributed by atoms with Crippen LogP contribution in [-0.4, -0.2) is 13.3 Å². The van der Waals surface area contributed by atoms with Crippen molar-refractivity contribution in [2.75, 3.05) is 7.11 Å². The van der Waals surface area contributed by atoms with Crippen LogP contribution in [0.5, 0.6) is 5.75 Å². The maximum Gasteiger partial charge on any atom is 0.119 e. The minimum atomic E-state index is 0.717. The Bertz CT molecular complexity index is 561. The van der Waals surface area contributed by atoms with Crippen LogP contribution in [0.3, 0.4) is 0 Å². The van der Waals surface area contributed by atoms with E-state index >= 15 is 0 Å². The van der Waals surface area contributed by atoms with Crippen molar-refractivity contribution < 1.29 is 4.74 Å². The Morgan fingerprint density at radius 1 is 1.11 bits per heavy atom. The van der Waals surface area contributed by atoms with Gasteiger partial charge in [-0.05, 0) is 60.5 Å². The van der Waals surface area contributed by atoms with E-state index in [2.05, 4.69) is 4.99 Å². The number of nitrogens with zero attached hydrogens (tertiary/aromatic N) is 1. The summed E-state index contributed by atoms with van der Waals surface area (Å²) in [6.07, 6.45) is 1.85. The Morgan fingerprint density at radius 2 is 1.83 bits per heavy atom. The molecule has 0 spiro atoms. The Kier molecular flexibility index (Phi) is 4.00. The Morgan fingerprint density at radius 3 is 2.44 bits per heavy atom. The van der Waals surface area contributed by atoms with E-state index in [9.17, 15) is 0 Å². The monoisotopic (exact) mass is 259 g/mol. The summed E-state index contributed by atoms with van der Waals surface area (Å²) in [6, 6.07) is 13.3. The number of benzene rings is 2. The fraction of sp³-hybridized carbons (Fsp3) is 0.133. The van der Waals surface area contributed by atoms with Gasteiger partial charge >= 0.3 is 0 Å². The van der Waals surface area contributed by atoms with E-state index in [1.807, 2.05) is 55.6 Å². The number of aryl methyl sites for hydroxylation is 1. The van der Waals surface area contributed by atoms with Crippen LogP contribution in [0.4, 0.5) is 5.69 Å². The minimum Gasteiger partial charge on any atom is -0.497 e. The molecule has 0 aliphatic heterocycles. The minimum absolute atomic E-state index is 0.717. The molecule has 0 fully saturated rings. The van der Waals surface area contributed by atoms with Gasteiger partial charge in [-0.2, -0.15) is 0 Å². The molecule has 0 atom stereocenters. The smallest absolute Gasteiger partial charge is 0.119 e. The summed E-state index contributed by atoms with van der Waals surface area (Å²) in [6.45, 7) is 2.03. The van der Waals surface area contributed by atoms with E-state index in [0.29, 0.717) is 0 Å². The largest absolute Gasteiger partial charge is 0.497 e. The maximum absolute atomic E-state index is 5.82. The van der Waals surface area contributed by atoms with Crippen LogP contribution < -0.4 is 4.74 Å². The molecular weight excluding hydrogens is 246 g/mol. The number of ether oxygens (including phenoxy) is 1. The lowest BCUT2D eigenvalue weighted by molar-refractivity contribution is 0.414. The zero-order chi connectivity index (χ0) is 13.0. The SMILES string of the molecule is COc1ccc(C=Nc2ccc(Cl)cc2)c(C)c1. The average molecular weight is 260 g/mol. The molecule has 2 aromatic carbocycles. The average Bonchev–Trinajstić information content (AvgIpc) is 2.39. The van der Waals surface area contributed by atoms with E-state index in [0.717, 1.165) is 27.6 Å². The van der Waals surface area contributed by atoms with Gasteiger partial charge in [-0.25, -0.2) is 0 Å². The molecule has 3 heteroatoms. The molecule has 0 saturated carbocycles. The molecule has 0 saturated heterocycles. The number of halogens is 1. The van der Waals surface area contributed by atoms with Gasteiger partial charge in [0.15, 0.2) is 0 Å². The molecule has 0 bridgehead atoms. The molecule has 0 aliphatic carbocycles. The van der Waals surface area contributed by atoms with Crippen LogP contribution in [0.15, 0.2) is 47.5 Å². The molecule has 2 rings (SSSR count). The molecular formula is C15H14ClNO. The van der Waals surface area contributed by atoms with Crippen LogP contribution in [-0.2, 0) is 0 Å². The summed E-state index contributed by atoms with van der Waals surface area (Å²) < 4.78 is 5.17. The third kappa shape index (κ3) is 3.11.